The molecule has 0 fully saturated rings. The van der Waals surface area contributed by atoms with Gasteiger partial charge in [0, 0.05) is 37.4 Å². The summed E-state index contributed by atoms with van der Waals surface area (Å²) in [6.45, 7) is 5.19. The van der Waals surface area contributed by atoms with Crippen molar-refractivity contribution in [1.82, 2.24) is 15.6 Å². The van der Waals surface area contributed by atoms with Crippen LogP contribution < -0.4 is 15.4 Å². The third kappa shape index (κ3) is 5.74. The van der Waals surface area contributed by atoms with E-state index in [1.165, 1.54) is 0 Å². The quantitative estimate of drug-likeness (QED) is 0.622. The fourth-order valence-corrected chi connectivity index (χ4v) is 2.26. The van der Waals surface area contributed by atoms with Crippen LogP contribution in [0.1, 0.15) is 25.0 Å². The molecule has 0 radical (unpaired) electrons. The number of guanidine groups is 1. The van der Waals surface area contributed by atoms with Crippen LogP contribution in [-0.4, -0.2) is 24.1 Å². The van der Waals surface area contributed by atoms with E-state index in [1.807, 2.05) is 50.2 Å². The van der Waals surface area contributed by atoms with E-state index in [2.05, 4.69) is 20.6 Å². The number of hydrogen-bond donors (Lipinski definition) is 2. The summed E-state index contributed by atoms with van der Waals surface area (Å²) in [4.78, 5) is 8.50. The van der Waals surface area contributed by atoms with E-state index >= 15 is 0 Å². The molecule has 0 amide bonds. The number of halogens is 1. The van der Waals surface area contributed by atoms with Gasteiger partial charge in [-0.2, -0.15) is 0 Å². The molecule has 0 spiro atoms. The van der Waals surface area contributed by atoms with Gasteiger partial charge in [-0.1, -0.05) is 35.9 Å². The molecule has 0 unspecified atom stereocenters. The number of pyridine rings is 1. The van der Waals surface area contributed by atoms with Crippen molar-refractivity contribution in [2.75, 3.05) is 7.05 Å². The maximum absolute atomic E-state index is 6.15. The Morgan fingerprint density at radius 1 is 1.17 bits per heavy atom. The van der Waals surface area contributed by atoms with Crippen molar-refractivity contribution in [3.8, 4) is 5.88 Å². The standard InChI is InChI=1S/C18H23ClN4O/c1-13(2)24-17-9-8-14(10-21-17)11-22-18(20-3)23-12-15-6-4-5-7-16(15)19/h4-10,13H,11-12H2,1-3H3,(H2,20,22,23). The highest BCUT2D eigenvalue weighted by molar-refractivity contribution is 6.31. The number of aliphatic imine (C=N–C) groups is 1. The van der Waals surface area contributed by atoms with Gasteiger partial charge in [0.25, 0.3) is 0 Å². The van der Waals surface area contributed by atoms with Crippen LogP contribution in [-0.2, 0) is 13.1 Å². The van der Waals surface area contributed by atoms with Crippen molar-refractivity contribution < 1.29 is 4.74 Å². The van der Waals surface area contributed by atoms with Crippen LogP contribution in [0.4, 0.5) is 0 Å². The highest BCUT2D eigenvalue weighted by atomic mass is 35.5. The number of rotatable bonds is 6. The second-order valence-corrected chi connectivity index (χ2v) is 5.95. The second-order valence-electron chi connectivity index (χ2n) is 5.54. The Balaban J connectivity index is 1.84. The zero-order valence-electron chi connectivity index (χ0n) is 14.2. The van der Waals surface area contributed by atoms with Crippen molar-refractivity contribution in [2.45, 2.75) is 33.0 Å². The van der Waals surface area contributed by atoms with Gasteiger partial charge < -0.3 is 15.4 Å². The third-order valence-electron chi connectivity index (χ3n) is 3.24. The van der Waals surface area contributed by atoms with E-state index in [0.717, 1.165) is 16.1 Å². The van der Waals surface area contributed by atoms with E-state index in [9.17, 15) is 0 Å². The molecule has 0 atom stereocenters. The molecule has 1 heterocycles. The molecule has 5 nitrogen and oxygen atoms in total. The minimum absolute atomic E-state index is 0.120. The molecule has 2 rings (SSSR count). The Bertz CT molecular complexity index is 671. The third-order valence-corrected chi connectivity index (χ3v) is 3.61. The first-order chi connectivity index (χ1) is 11.6. The van der Waals surface area contributed by atoms with Crippen molar-refractivity contribution in [2.24, 2.45) is 4.99 Å². The monoisotopic (exact) mass is 346 g/mol. The van der Waals surface area contributed by atoms with Crippen LogP contribution in [0.15, 0.2) is 47.6 Å². The summed E-state index contributed by atoms with van der Waals surface area (Å²) in [7, 11) is 1.74. The molecule has 0 aliphatic carbocycles. The minimum Gasteiger partial charge on any atom is -0.475 e. The highest BCUT2D eigenvalue weighted by Crippen LogP contribution is 2.14. The Hall–Kier alpha value is -2.27. The molecule has 2 aromatic rings. The number of aromatic nitrogens is 1. The summed E-state index contributed by atoms with van der Waals surface area (Å²) in [5, 5.41) is 7.24. The van der Waals surface area contributed by atoms with Crippen LogP contribution in [0.5, 0.6) is 5.88 Å². The molecular weight excluding hydrogens is 324 g/mol. The van der Waals surface area contributed by atoms with E-state index in [1.54, 1.807) is 13.2 Å². The van der Waals surface area contributed by atoms with Crippen LogP contribution in [0.3, 0.4) is 0 Å². The van der Waals surface area contributed by atoms with Crippen LogP contribution in [0.25, 0.3) is 0 Å². The number of ether oxygens (including phenoxy) is 1. The Morgan fingerprint density at radius 2 is 1.92 bits per heavy atom. The summed E-state index contributed by atoms with van der Waals surface area (Å²) < 4.78 is 5.53. The van der Waals surface area contributed by atoms with Gasteiger partial charge in [0.1, 0.15) is 0 Å². The lowest BCUT2D eigenvalue weighted by Crippen LogP contribution is -2.36. The lowest BCUT2D eigenvalue weighted by atomic mass is 10.2. The number of nitrogens with zero attached hydrogens (tertiary/aromatic N) is 2. The van der Waals surface area contributed by atoms with Crippen LogP contribution in [0.2, 0.25) is 5.02 Å². The molecule has 128 valence electrons. The smallest absolute Gasteiger partial charge is 0.213 e. The molecule has 0 saturated heterocycles. The summed E-state index contributed by atoms with van der Waals surface area (Å²) in [6.07, 6.45) is 1.92. The normalized spacial score (nSPS) is 11.5. The Labute approximate surface area is 148 Å². The molecule has 2 N–H and O–H groups in total. The fourth-order valence-electron chi connectivity index (χ4n) is 2.05. The van der Waals surface area contributed by atoms with Crippen molar-refractivity contribution in [3.63, 3.8) is 0 Å². The summed E-state index contributed by atoms with van der Waals surface area (Å²) >= 11 is 6.15. The SMILES string of the molecule is CN=C(NCc1ccc(OC(C)C)nc1)NCc1ccccc1Cl. The number of hydrogen-bond acceptors (Lipinski definition) is 3. The van der Waals surface area contributed by atoms with Crippen LogP contribution in [0, 0.1) is 0 Å². The summed E-state index contributed by atoms with van der Waals surface area (Å²) in [6, 6.07) is 11.6. The molecular formula is C18H23ClN4O. The zero-order valence-corrected chi connectivity index (χ0v) is 15.0. The number of nitrogens with one attached hydrogen (secondary N) is 2. The zero-order chi connectivity index (χ0) is 17.4. The molecule has 0 aliphatic rings. The molecule has 0 bridgehead atoms. The van der Waals surface area contributed by atoms with Gasteiger partial charge in [0.05, 0.1) is 6.10 Å². The molecule has 6 heteroatoms. The van der Waals surface area contributed by atoms with Gasteiger partial charge in [-0.25, -0.2) is 4.98 Å². The van der Waals surface area contributed by atoms with Crippen molar-refractivity contribution in [1.29, 1.82) is 0 Å². The minimum atomic E-state index is 0.120. The Morgan fingerprint density at radius 3 is 2.54 bits per heavy atom. The van der Waals surface area contributed by atoms with Gasteiger partial charge in [-0.05, 0) is 31.0 Å². The fraction of sp³-hybridized carbons (Fsp3) is 0.333. The lowest BCUT2D eigenvalue weighted by molar-refractivity contribution is 0.232. The van der Waals surface area contributed by atoms with E-state index < -0.39 is 0 Å². The number of benzene rings is 1. The summed E-state index contributed by atoms with van der Waals surface area (Å²) in [5.74, 6) is 1.34. The van der Waals surface area contributed by atoms with Gasteiger partial charge in [0.2, 0.25) is 5.88 Å². The van der Waals surface area contributed by atoms with Gasteiger partial charge in [-0.15, -0.1) is 0 Å². The molecule has 0 saturated carbocycles. The topological polar surface area (TPSA) is 58.5 Å². The van der Waals surface area contributed by atoms with E-state index in [-0.39, 0.29) is 6.10 Å². The molecule has 1 aromatic carbocycles. The Kier molecular flexibility index (Phi) is 6.88. The molecule has 1 aromatic heterocycles. The predicted molar refractivity (Wildman–Crippen MR) is 98.5 cm³/mol. The first-order valence-electron chi connectivity index (χ1n) is 7.88. The van der Waals surface area contributed by atoms with Gasteiger partial charge >= 0.3 is 0 Å². The van der Waals surface area contributed by atoms with Crippen molar-refractivity contribution >= 4 is 17.6 Å². The first-order valence-corrected chi connectivity index (χ1v) is 8.26. The molecule has 24 heavy (non-hydrogen) atoms. The highest BCUT2D eigenvalue weighted by Gasteiger charge is 2.03. The van der Waals surface area contributed by atoms with E-state index in [0.29, 0.717) is 24.9 Å². The van der Waals surface area contributed by atoms with Crippen molar-refractivity contribution in [3.05, 3.63) is 58.7 Å². The first kappa shape index (κ1) is 18.1. The lowest BCUT2D eigenvalue weighted by Gasteiger charge is -2.13. The van der Waals surface area contributed by atoms with Gasteiger partial charge in [0.15, 0.2) is 5.96 Å². The van der Waals surface area contributed by atoms with Crippen LogP contribution >= 0.6 is 11.6 Å². The summed E-state index contributed by atoms with van der Waals surface area (Å²) in [5.41, 5.74) is 2.07. The average Bonchev–Trinajstić information content (AvgIpc) is 2.57. The maximum Gasteiger partial charge on any atom is 0.213 e. The molecule has 0 aliphatic heterocycles. The second kappa shape index (κ2) is 9.13. The predicted octanol–water partition coefficient (Wildman–Crippen LogP) is 3.39. The maximum atomic E-state index is 6.15. The van der Waals surface area contributed by atoms with Gasteiger partial charge in [-0.3, -0.25) is 4.99 Å². The average molecular weight is 347 g/mol. The largest absolute Gasteiger partial charge is 0.475 e. The van der Waals surface area contributed by atoms with E-state index in [4.69, 9.17) is 16.3 Å².